The Hall–Kier alpha value is -1.75. The molecule has 0 amide bonds. The predicted octanol–water partition coefficient (Wildman–Crippen LogP) is 2.47. The van der Waals surface area contributed by atoms with E-state index in [0.717, 1.165) is 30.2 Å². The quantitative estimate of drug-likeness (QED) is 0.816. The highest BCUT2D eigenvalue weighted by atomic mass is 16.4. The van der Waals surface area contributed by atoms with Crippen molar-refractivity contribution in [1.29, 1.82) is 0 Å². The summed E-state index contributed by atoms with van der Waals surface area (Å²) in [6.07, 6.45) is 3.96. The Labute approximate surface area is 124 Å². The number of benzene rings is 1. The van der Waals surface area contributed by atoms with Crippen molar-refractivity contribution in [2.24, 2.45) is 0 Å². The zero-order valence-corrected chi connectivity index (χ0v) is 12.5. The van der Waals surface area contributed by atoms with E-state index in [1.807, 2.05) is 18.2 Å². The van der Waals surface area contributed by atoms with Crippen molar-refractivity contribution >= 4 is 22.8 Å². The monoisotopic (exact) mass is 286 g/mol. The number of nitrogen functional groups attached to an aromatic ring is 1. The molecule has 21 heavy (non-hydrogen) atoms. The highest BCUT2D eigenvalue weighted by Gasteiger charge is 2.35. The van der Waals surface area contributed by atoms with Crippen molar-refractivity contribution in [3.05, 3.63) is 18.2 Å². The topological polar surface area (TPSA) is 58.5 Å². The number of hydrogen-bond acceptors (Lipinski definition) is 5. The highest BCUT2D eigenvalue weighted by molar-refractivity contribution is 5.86. The fourth-order valence-corrected chi connectivity index (χ4v) is 3.70. The van der Waals surface area contributed by atoms with Crippen LogP contribution >= 0.6 is 0 Å². The molecule has 3 heterocycles. The van der Waals surface area contributed by atoms with Gasteiger partial charge in [-0.15, -0.1) is 0 Å². The van der Waals surface area contributed by atoms with Crippen molar-refractivity contribution in [3.8, 4) is 0 Å². The van der Waals surface area contributed by atoms with Gasteiger partial charge in [-0.05, 0) is 38.4 Å². The smallest absolute Gasteiger partial charge is 0.298 e. The third-order valence-electron chi connectivity index (χ3n) is 4.87. The molecule has 2 unspecified atom stereocenters. The molecule has 2 N–H and O–H groups in total. The van der Waals surface area contributed by atoms with Gasteiger partial charge in [0, 0.05) is 25.2 Å². The minimum Gasteiger partial charge on any atom is -0.423 e. The minimum absolute atomic E-state index is 0.425. The normalized spacial score (nSPS) is 27.0. The third-order valence-corrected chi connectivity index (χ3v) is 4.87. The standard InChI is InChI=1S/C16H22N4O/c1-11-9-19-8-3-2-5-12(19)10-20(11)16-18-15-13(17)6-4-7-14(15)21-16/h4,6-7,11-12H,2-3,5,8-10,17H2,1H3. The molecule has 0 aliphatic carbocycles. The van der Waals surface area contributed by atoms with Crippen LogP contribution in [-0.2, 0) is 0 Å². The minimum atomic E-state index is 0.425. The second-order valence-corrected chi connectivity index (χ2v) is 6.34. The number of aromatic nitrogens is 1. The molecule has 5 heteroatoms. The molecule has 4 rings (SSSR count). The van der Waals surface area contributed by atoms with E-state index in [-0.39, 0.29) is 0 Å². The summed E-state index contributed by atoms with van der Waals surface area (Å²) in [7, 11) is 0. The number of piperidine rings is 1. The second-order valence-electron chi connectivity index (χ2n) is 6.34. The van der Waals surface area contributed by atoms with Gasteiger partial charge in [-0.2, -0.15) is 4.98 Å². The Morgan fingerprint density at radius 3 is 3.05 bits per heavy atom. The number of nitrogens with two attached hydrogens (primary N) is 1. The summed E-state index contributed by atoms with van der Waals surface area (Å²) < 4.78 is 5.95. The maximum Gasteiger partial charge on any atom is 0.298 e. The molecule has 2 saturated heterocycles. The Bertz CT molecular complexity index is 653. The van der Waals surface area contributed by atoms with Crippen LogP contribution < -0.4 is 10.6 Å². The van der Waals surface area contributed by atoms with Gasteiger partial charge >= 0.3 is 0 Å². The lowest BCUT2D eigenvalue weighted by molar-refractivity contribution is 0.113. The van der Waals surface area contributed by atoms with Gasteiger partial charge in [0.1, 0.15) is 5.52 Å². The number of oxazole rings is 1. The van der Waals surface area contributed by atoms with Gasteiger partial charge < -0.3 is 15.1 Å². The molecular weight excluding hydrogens is 264 g/mol. The van der Waals surface area contributed by atoms with Crippen molar-refractivity contribution in [2.45, 2.75) is 38.3 Å². The van der Waals surface area contributed by atoms with Crippen LogP contribution in [0.5, 0.6) is 0 Å². The summed E-state index contributed by atoms with van der Waals surface area (Å²) in [5.41, 5.74) is 8.24. The average molecular weight is 286 g/mol. The largest absolute Gasteiger partial charge is 0.423 e. The molecule has 2 aliphatic rings. The van der Waals surface area contributed by atoms with Crippen molar-refractivity contribution in [2.75, 3.05) is 30.3 Å². The lowest BCUT2D eigenvalue weighted by Gasteiger charge is -2.46. The molecule has 1 aromatic carbocycles. The number of hydrogen-bond donors (Lipinski definition) is 1. The summed E-state index contributed by atoms with van der Waals surface area (Å²) in [5, 5.41) is 0. The summed E-state index contributed by atoms with van der Waals surface area (Å²) in [6, 6.07) is 7.51. The van der Waals surface area contributed by atoms with Crippen molar-refractivity contribution < 1.29 is 4.42 Å². The van der Waals surface area contributed by atoms with Crippen molar-refractivity contribution in [3.63, 3.8) is 0 Å². The number of fused-ring (bicyclic) bond motifs is 2. The van der Waals surface area contributed by atoms with Crippen LogP contribution in [0.2, 0.25) is 0 Å². The molecule has 5 nitrogen and oxygen atoms in total. The van der Waals surface area contributed by atoms with Gasteiger partial charge in [0.25, 0.3) is 6.01 Å². The molecule has 2 aromatic rings. The summed E-state index contributed by atoms with van der Waals surface area (Å²) in [4.78, 5) is 9.58. The van der Waals surface area contributed by atoms with E-state index < -0.39 is 0 Å². The third kappa shape index (κ3) is 2.16. The predicted molar refractivity (Wildman–Crippen MR) is 84.4 cm³/mol. The van der Waals surface area contributed by atoms with Crippen LogP contribution in [0.15, 0.2) is 22.6 Å². The second kappa shape index (κ2) is 4.91. The molecule has 2 aliphatic heterocycles. The van der Waals surface area contributed by atoms with Crippen LogP contribution in [0, 0.1) is 0 Å². The summed E-state index contributed by atoms with van der Waals surface area (Å²) in [5.74, 6) is 0. The summed E-state index contributed by atoms with van der Waals surface area (Å²) in [6.45, 7) is 5.60. The van der Waals surface area contributed by atoms with E-state index in [9.17, 15) is 0 Å². The van der Waals surface area contributed by atoms with Crippen molar-refractivity contribution in [1.82, 2.24) is 9.88 Å². The summed E-state index contributed by atoms with van der Waals surface area (Å²) >= 11 is 0. The first-order chi connectivity index (χ1) is 10.2. The molecule has 2 atom stereocenters. The van der Waals surface area contributed by atoms with E-state index in [0.29, 0.717) is 17.8 Å². The Morgan fingerprint density at radius 2 is 2.19 bits per heavy atom. The zero-order chi connectivity index (χ0) is 14.4. The van der Waals surface area contributed by atoms with Gasteiger partial charge in [-0.3, -0.25) is 4.90 Å². The number of rotatable bonds is 1. The number of anilines is 2. The first kappa shape index (κ1) is 13.0. The molecule has 1 aromatic heterocycles. The molecule has 0 saturated carbocycles. The number of nitrogens with zero attached hydrogens (tertiary/aromatic N) is 3. The molecule has 2 fully saturated rings. The van der Waals surface area contributed by atoms with Gasteiger partial charge in [0.2, 0.25) is 0 Å². The van der Waals surface area contributed by atoms with Crippen LogP contribution in [0.3, 0.4) is 0 Å². The molecule has 112 valence electrons. The molecule has 0 spiro atoms. The average Bonchev–Trinajstić information content (AvgIpc) is 2.92. The molecular formula is C16H22N4O. The van der Waals surface area contributed by atoms with E-state index in [4.69, 9.17) is 10.2 Å². The van der Waals surface area contributed by atoms with Crippen LogP contribution in [0.1, 0.15) is 26.2 Å². The number of para-hydroxylation sites is 1. The first-order valence-corrected chi connectivity index (χ1v) is 7.88. The van der Waals surface area contributed by atoms with E-state index in [2.05, 4.69) is 21.7 Å². The number of piperazine rings is 1. The van der Waals surface area contributed by atoms with Gasteiger partial charge in [0.05, 0.1) is 5.69 Å². The Kier molecular flexibility index (Phi) is 3.03. The SMILES string of the molecule is CC1CN2CCCCC2CN1c1nc2c(N)cccc2o1. The van der Waals surface area contributed by atoms with E-state index in [1.165, 1.54) is 25.8 Å². The van der Waals surface area contributed by atoms with Crippen LogP contribution in [-0.4, -0.2) is 41.6 Å². The maximum atomic E-state index is 5.99. The van der Waals surface area contributed by atoms with Gasteiger partial charge in [-0.1, -0.05) is 12.5 Å². The van der Waals surface area contributed by atoms with Gasteiger partial charge in [0.15, 0.2) is 5.58 Å². The van der Waals surface area contributed by atoms with Gasteiger partial charge in [-0.25, -0.2) is 0 Å². The van der Waals surface area contributed by atoms with E-state index >= 15 is 0 Å². The Morgan fingerprint density at radius 1 is 1.29 bits per heavy atom. The lowest BCUT2D eigenvalue weighted by Crippen LogP contribution is -2.58. The lowest BCUT2D eigenvalue weighted by atomic mass is 9.97. The van der Waals surface area contributed by atoms with E-state index in [1.54, 1.807) is 0 Å². The molecule has 0 radical (unpaired) electrons. The Balaban J connectivity index is 1.66. The first-order valence-electron chi connectivity index (χ1n) is 7.88. The van der Waals surface area contributed by atoms with Crippen LogP contribution in [0.4, 0.5) is 11.7 Å². The highest BCUT2D eigenvalue weighted by Crippen LogP contribution is 2.31. The van der Waals surface area contributed by atoms with Crippen LogP contribution in [0.25, 0.3) is 11.1 Å². The zero-order valence-electron chi connectivity index (χ0n) is 12.5. The molecule has 0 bridgehead atoms. The maximum absolute atomic E-state index is 5.99. The fraction of sp³-hybridized carbons (Fsp3) is 0.562. The fourth-order valence-electron chi connectivity index (χ4n) is 3.70.